The third-order valence-corrected chi connectivity index (χ3v) is 5.79. The molecule has 0 aliphatic carbocycles. The van der Waals surface area contributed by atoms with Crippen molar-refractivity contribution >= 4 is 28.2 Å². The van der Waals surface area contributed by atoms with Crippen molar-refractivity contribution in [1.29, 1.82) is 0 Å². The zero-order chi connectivity index (χ0) is 24.3. The molecular formula is C22H27F3N6OS. The van der Waals surface area contributed by atoms with Crippen LogP contribution in [-0.4, -0.2) is 57.5 Å². The van der Waals surface area contributed by atoms with Crippen LogP contribution in [0.1, 0.15) is 23.1 Å². The Morgan fingerprint density at radius 2 is 1.94 bits per heavy atom. The van der Waals surface area contributed by atoms with Gasteiger partial charge in [-0.05, 0) is 54.4 Å². The lowest BCUT2D eigenvalue weighted by molar-refractivity contribution is -0.138. The smallest absolute Gasteiger partial charge is 0.385 e. The Bertz CT molecular complexity index is 1150. The van der Waals surface area contributed by atoms with Gasteiger partial charge >= 0.3 is 6.18 Å². The van der Waals surface area contributed by atoms with Crippen LogP contribution in [0, 0.1) is 0 Å². The van der Waals surface area contributed by atoms with E-state index in [0.717, 1.165) is 11.6 Å². The maximum Gasteiger partial charge on any atom is 0.416 e. The minimum absolute atomic E-state index is 0.183. The summed E-state index contributed by atoms with van der Waals surface area (Å²) in [5.74, 6) is 0. The fourth-order valence-electron chi connectivity index (χ4n) is 3.65. The van der Waals surface area contributed by atoms with Crippen molar-refractivity contribution in [2.45, 2.75) is 25.6 Å². The summed E-state index contributed by atoms with van der Waals surface area (Å²) in [7, 11) is 6.87. The molecule has 0 atom stereocenters. The second-order valence-electron chi connectivity index (χ2n) is 7.85. The van der Waals surface area contributed by atoms with E-state index >= 15 is 0 Å². The Balaban J connectivity index is 2.22. The molecule has 3 aromatic rings. The Kier molecular flexibility index (Phi) is 7.55. The maximum absolute atomic E-state index is 13.9. The van der Waals surface area contributed by atoms with Crippen LogP contribution in [0.25, 0.3) is 22.3 Å². The SMILES string of the molecule is COCCCc1cc2c(CN(C)N(C)C(N)=S)cc(-c3cncn3C)nc2cc1C(F)(F)F. The Morgan fingerprint density at radius 1 is 1.21 bits per heavy atom. The molecule has 0 aliphatic rings. The molecule has 33 heavy (non-hydrogen) atoms. The third-order valence-electron chi connectivity index (χ3n) is 5.53. The van der Waals surface area contributed by atoms with E-state index in [0.29, 0.717) is 36.3 Å². The molecular weight excluding hydrogens is 453 g/mol. The molecule has 0 bridgehead atoms. The number of imidazole rings is 1. The fraction of sp³-hybridized carbons (Fsp3) is 0.409. The van der Waals surface area contributed by atoms with Crippen LogP contribution in [0.4, 0.5) is 13.2 Å². The van der Waals surface area contributed by atoms with E-state index in [1.165, 1.54) is 7.11 Å². The average Bonchev–Trinajstić information content (AvgIpc) is 3.18. The van der Waals surface area contributed by atoms with Crippen LogP contribution in [0.3, 0.4) is 0 Å². The summed E-state index contributed by atoms with van der Waals surface area (Å²) in [5.41, 5.74) is 7.57. The predicted molar refractivity (Wildman–Crippen MR) is 125 cm³/mol. The molecule has 0 saturated carbocycles. The first-order valence-electron chi connectivity index (χ1n) is 10.3. The molecule has 0 amide bonds. The summed E-state index contributed by atoms with van der Waals surface area (Å²) in [6.45, 7) is 0.738. The largest absolute Gasteiger partial charge is 0.416 e. The van der Waals surface area contributed by atoms with Crippen LogP contribution in [-0.2, 0) is 30.9 Å². The number of nitrogens with two attached hydrogens (primary N) is 1. The minimum atomic E-state index is -4.50. The number of ether oxygens (including phenoxy) is 1. The first-order valence-corrected chi connectivity index (χ1v) is 10.7. The summed E-state index contributed by atoms with van der Waals surface area (Å²) < 4.78 is 48.5. The molecule has 1 aromatic carbocycles. The van der Waals surface area contributed by atoms with E-state index in [-0.39, 0.29) is 22.6 Å². The highest BCUT2D eigenvalue weighted by Crippen LogP contribution is 2.36. The van der Waals surface area contributed by atoms with Crippen molar-refractivity contribution in [1.82, 2.24) is 24.6 Å². The highest BCUT2D eigenvalue weighted by molar-refractivity contribution is 7.80. The lowest BCUT2D eigenvalue weighted by Crippen LogP contribution is -2.43. The van der Waals surface area contributed by atoms with E-state index in [1.807, 2.05) is 6.07 Å². The molecule has 3 rings (SSSR count). The number of hydrogen-bond donors (Lipinski definition) is 1. The van der Waals surface area contributed by atoms with Gasteiger partial charge in [-0.1, -0.05) is 0 Å². The number of aromatic nitrogens is 3. The second-order valence-corrected chi connectivity index (χ2v) is 8.27. The predicted octanol–water partition coefficient (Wildman–Crippen LogP) is 3.76. The first-order chi connectivity index (χ1) is 15.5. The van der Waals surface area contributed by atoms with Gasteiger partial charge in [0, 0.05) is 46.8 Å². The first kappa shape index (κ1) is 24.9. The van der Waals surface area contributed by atoms with E-state index < -0.39 is 11.7 Å². The topological polar surface area (TPSA) is 72.4 Å². The van der Waals surface area contributed by atoms with Crippen LogP contribution in [0.2, 0.25) is 0 Å². The molecule has 2 N–H and O–H groups in total. The van der Waals surface area contributed by atoms with Crippen molar-refractivity contribution in [3.05, 3.63) is 47.4 Å². The van der Waals surface area contributed by atoms with Crippen LogP contribution in [0.5, 0.6) is 0 Å². The molecule has 0 unspecified atom stereocenters. The van der Waals surface area contributed by atoms with E-state index in [4.69, 9.17) is 22.7 Å². The molecule has 0 radical (unpaired) electrons. The number of thiocarbonyl (C=S) groups is 1. The molecule has 0 spiro atoms. The number of nitrogens with zero attached hydrogens (tertiary/aromatic N) is 5. The number of halogens is 3. The van der Waals surface area contributed by atoms with E-state index in [2.05, 4.69) is 9.97 Å². The standard InChI is InChI=1S/C22H27F3N6OS/c1-29-13-27-11-20(29)19-9-15(12-30(2)31(3)21(26)33)16-8-14(6-5-7-32-4)17(22(23,24)25)10-18(16)28-19/h8-11,13H,5-7,12H2,1-4H3,(H2,26,33). The lowest BCUT2D eigenvalue weighted by atomic mass is 9.96. The van der Waals surface area contributed by atoms with Crippen molar-refractivity contribution in [3.63, 3.8) is 0 Å². The number of hydrazine groups is 1. The third kappa shape index (κ3) is 5.60. The average molecular weight is 481 g/mol. The summed E-state index contributed by atoms with van der Waals surface area (Å²) in [6, 6.07) is 4.60. The quantitative estimate of drug-likeness (QED) is 0.299. The van der Waals surface area contributed by atoms with Gasteiger partial charge in [0.25, 0.3) is 0 Å². The molecule has 178 valence electrons. The highest BCUT2D eigenvalue weighted by Gasteiger charge is 2.34. The second kappa shape index (κ2) is 10.0. The number of benzene rings is 1. The Labute approximate surface area is 195 Å². The van der Waals surface area contributed by atoms with Gasteiger partial charge in [0.05, 0.1) is 35.0 Å². The van der Waals surface area contributed by atoms with Crippen LogP contribution >= 0.6 is 12.2 Å². The number of hydrogen-bond acceptors (Lipinski definition) is 5. The summed E-state index contributed by atoms with van der Waals surface area (Å²) in [5, 5.41) is 4.23. The molecule has 11 heteroatoms. The highest BCUT2D eigenvalue weighted by atomic mass is 32.1. The molecule has 0 fully saturated rings. The van der Waals surface area contributed by atoms with Crippen molar-refractivity contribution in [2.24, 2.45) is 12.8 Å². The van der Waals surface area contributed by atoms with Gasteiger partial charge in [-0.15, -0.1) is 0 Å². The van der Waals surface area contributed by atoms with E-state index in [1.54, 1.807) is 54.3 Å². The van der Waals surface area contributed by atoms with Gasteiger partial charge < -0.3 is 15.0 Å². The monoisotopic (exact) mass is 480 g/mol. The summed E-state index contributed by atoms with van der Waals surface area (Å²) in [6.07, 6.45) is -0.529. The summed E-state index contributed by atoms with van der Waals surface area (Å²) in [4.78, 5) is 8.68. The Morgan fingerprint density at radius 3 is 2.52 bits per heavy atom. The number of alkyl halides is 3. The maximum atomic E-state index is 13.9. The number of methoxy groups -OCH3 is 1. The molecule has 7 nitrogen and oxygen atoms in total. The van der Waals surface area contributed by atoms with Crippen LogP contribution in [0.15, 0.2) is 30.7 Å². The fourth-order valence-corrected chi connectivity index (χ4v) is 3.79. The summed E-state index contributed by atoms with van der Waals surface area (Å²) >= 11 is 5.05. The minimum Gasteiger partial charge on any atom is -0.385 e. The van der Waals surface area contributed by atoms with Gasteiger partial charge in [-0.25, -0.2) is 15.0 Å². The van der Waals surface area contributed by atoms with Gasteiger partial charge in [0.15, 0.2) is 5.11 Å². The van der Waals surface area contributed by atoms with Crippen molar-refractivity contribution in [2.75, 3.05) is 27.8 Å². The van der Waals surface area contributed by atoms with Gasteiger partial charge in [0.2, 0.25) is 0 Å². The lowest BCUT2D eigenvalue weighted by Gasteiger charge is -2.29. The van der Waals surface area contributed by atoms with Crippen molar-refractivity contribution in [3.8, 4) is 11.4 Å². The number of fused-ring (bicyclic) bond motifs is 1. The molecule has 0 aliphatic heterocycles. The van der Waals surface area contributed by atoms with Crippen LogP contribution < -0.4 is 5.73 Å². The normalized spacial score (nSPS) is 12.0. The van der Waals surface area contributed by atoms with E-state index in [9.17, 15) is 13.2 Å². The number of rotatable bonds is 8. The zero-order valence-electron chi connectivity index (χ0n) is 19.0. The van der Waals surface area contributed by atoms with Crippen molar-refractivity contribution < 1.29 is 17.9 Å². The number of aryl methyl sites for hydroxylation is 2. The van der Waals surface area contributed by atoms with Gasteiger partial charge in [0.1, 0.15) is 0 Å². The van der Waals surface area contributed by atoms with Gasteiger partial charge in [-0.3, -0.25) is 5.01 Å². The molecule has 2 heterocycles. The molecule has 2 aromatic heterocycles. The Hall–Kier alpha value is -2.76. The zero-order valence-corrected chi connectivity index (χ0v) is 19.8. The molecule has 0 saturated heterocycles. The number of pyridine rings is 1. The van der Waals surface area contributed by atoms with Gasteiger partial charge in [-0.2, -0.15) is 13.2 Å².